The van der Waals surface area contributed by atoms with Crippen LogP contribution in [0.25, 0.3) is 0 Å². The van der Waals surface area contributed by atoms with Crippen molar-refractivity contribution in [1.29, 1.82) is 0 Å². The molecule has 0 radical (unpaired) electrons. The second-order valence-electron chi connectivity index (χ2n) is 8.13. The Bertz CT molecular complexity index is 755. The molecule has 6 nitrogen and oxygen atoms in total. The lowest BCUT2D eigenvalue weighted by molar-refractivity contribution is -0.146. The van der Waals surface area contributed by atoms with Crippen LogP contribution in [0.4, 0.5) is 0 Å². The second-order valence-corrected chi connectivity index (χ2v) is 8.13. The Morgan fingerprint density at radius 1 is 1.15 bits per heavy atom. The second kappa shape index (κ2) is 6.89. The van der Waals surface area contributed by atoms with Gasteiger partial charge in [0.05, 0.1) is 5.41 Å². The van der Waals surface area contributed by atoms with Crippen molar-refractivity contribution in [3.05, 3.63) is 34.7 Å². The molecule has 0 unspecified atom stereocenters. The van der Waals surface area contributed by atoms with Gasteiger partial charge in [0.1, 0.15) is 0 Å². The molecule has 1 atom stereocenters. The van der Waals surface area contributed by atoms with Crippen LogP contribution in [0, 0.1) is 11.3 Å². The van der Waals surface area contributed by atoms with Crippen LogP contribution >= 0.6 is 0 Å². The van der Waals surface area contributed by atoms with E-state index in [-0.39, 0.29) is 22.8 Å². The van der Waals surface area contributed by atoms with E-state index >= 15 is 0 Å². The summed E-state index contributed by atoms with van der Waals surface area (Å²) >= 11 is 0. The maximum Gasteiger partial charge on any atom is 0.250 e. The molecule has 1 aliphatic carbocycles. The number of nitrogens with zero attached hydrogens (tertiary/aromatic N) is 3. The fraction of sp³-hybridized carbons (Fsp3) is 0.650. The molecule has 2 amide bonds. The van der Waals surface area contributed by atoms with E-state index in [9.17, 15) is 14.4 Å². The first-order chi connectivity index (χ1) is 12.6. The van der Waals surface area contributed by atoms with E-state index in [1.54, 1.807) is 22.9 Å². The summed E-state index contributed by atoms with van der Waals surface area (Å²) in [6, 6.07) is 5.00. The molecule has 2 saturated heterocycles. The molecule has 1 aromatic heterocycles. The van der Waals surface area contributed by atoms with E-state index in [2.05, 4.69) is 4.90 Å². The van der Waals surface area contributed by atoms with E-state index in [0.29, 0.717) is 32.0 Å². The van der Waals surface area contributed by atoms with Crippen molar-refractivity contribution in [2.75, 3.05) is 26.2 Å². The standard InChI is InChI=1S/C20H27N3O3/c24-17-4-1-2-10-21(17)12-7-18(25)23-13-9-20(15-23)8-3-11-22(19(20)26)14-16-5-6-16/h1-2,4,10,16H,3,5-9,11-15H2/t20-/m1/s1. The van der Waals surface area contributed by atoms with Crippen molar-refractivity contribution in [2.45, 2.75) is 45.1 Å². The Kier molecular flexibility index (Phi) is 4.59. The minimum Gasteiger partial charge on any atom is -0.342 e. The molecule has 2 aliphatic heterocycles. The van der Waals surface area contributed by atoms with E-state index in [1.807, 2.05) is 4.90 Å². The third kappa shape index (κ3) is 3.41. The first-order valence-corrected chi connectivity index (χ1v) is 9.80. The highest BCUT2D eigenvalue weighted by molar-refractivity contribution is 5.86. The summed E-state index contributed by atoms with van der Waals surface area (Å²) < 4.78 is 1.56. The smallest absolute Gasteiger partial charge is 0.250 e. The molecular weight excluding hydrogens is 330 g/mol. The van der Waals surface area contributed by atoms with Crippen molar-refractivity contribution in [2.24, 2.45) is 11.3 Å². The third-order valence-corrected chi connectivity index (χ3v) is 6.17. The quantitative estimate of drug-likeness (QED) is 0.802. The summed E-state index contributed by atoms with van der Waals surface area (Å²) in [7, 11) is 0. The van der Waals surface area contributed by atoms with Crippen LogP contribution in [-0.2, 0) is 16.1 Å². The van der Waals surface area contributed by atoms with Gasteiger partial charge in [-0.2, -0.15) is 0 Å². The number of pyridine rings is 1. The Labute approximate surface area is 153 Å². The van der Waals surface area contributed by atoms with Gasteiger partial charge in [0.2, 0.25) is 11.8 Å². The van der Waals surface area contributed by atoms with E-state index in [0.717, 1.165) is 32.4 Å². The van der Waals surface area contributed by atoms with Crippen molar-refractivity contribution in [1.82, 2.24) is 14.4 Å². The number of rotatable bonds is 5. The van der Waals surface area contributed by atoms with Gasteiger partial charge in [0, 0.05) is 51.4 Å². The number of carbonyl (C=O) groups excluding carboxylic acids is 2. The Morgan fingerprint density at radius 3 is 2.77 bits per heavy atom. The maximum absolute atomic E-state index is 13.0. The lowest BCUT2D eigenvalue weighted by Gasteiger charge is -2.39. The van der Waals surface area contributed by atoms with E-state index < -0.39 is 0 Å². The Balaban J connectivity index is 1.36. The number of aryl methyl sites for hydroxylation is 1. The summed E-state index contributed by atoms with van der Waals surface area (Å²) in [5, 5.41) is 0. The normalized spacial score (nSPS) is 25.9. The largest absolute Gasteiger partial charge is 0.342 e. The minimum absolute atomic E-state index is 0.0461. The van der Waals surface area contributed by atoms with Crippen LogP contribution in [0.5, 0.6) is 0 Å². The van der Waals surface area contributed by atoms with Gasteiger partial charge in [-0.3, -0.25) is 14.4 Å². The van der Waals surface area contributed by atoms with Crippen molar-refractivity contribution in [3.8, 4) is 0 Å². The van der Waals surface area contributed by atoms with Gasteiger partial charge in [-0.15, -0.1) is 0 Å². The van der Waals surface area contributed by atoms with Gasteiger partial charge in [-0.05, 0) is 44.1 Å². The van der Waals surface area contributed by atoms with Gasteiger partial charge in [-0.25, -0.2) is 0 Å². The number of aromatic nitrogens is 1. The summed E-state index contributed by atoms with van der Waals surface area (Å²) in [4.78, 5) is 41.3. The fourth-order valence-corrected chi connectivity index (χ4v) is 4.42. The van der Waals surface area contributed by atoms with Crippen LogP contribution in [0.1, 0.15) is 38.5 Å². The van der Waals surface area contributed by atoms with E-state index in [4.69, 9.17) is 0 Å². The minimum atomic E-state index is -0.355. The molecule has 0 bridgehead atoms. The van der Waals surface area contributed by atoms with E-state index in [1.165, 1.54) is 18.9 Å². The summed E-state index contributed by atoms with van der Waals surface area (Å²) in [5.41, 5.74) is -0.441. The van der Waals surface area contributed by atoms with Crippen LogP contribution in [0.15, 0.2) is 29.2 Å². The lowest BCUT2D eigenvalue weighted by atomic mass is 9.78. The molecule has 1 saturated carbocycles. The van der Waals surface area contributed by atoms with Crippen molar-refractivity contribution >= 4 is 11.8 Å². The van der Waals surface area contributed by atoms with Crippen LogP contribution in [0.2, 0.25) is 0 Å². The zero-order valence-corrected chi connectivity index (χ0v) is 15.2. The number of piperidine rings is 1. The van der Waals surface area contributed by atoms with Gasteiger partial charge >= 0.3 is 0 Å². The highest BCUT2D eigenvalue weighted by Crippen LogP contribution is 2.41. The van der Waals surface area contributed by atoms with Gasteiger partial charge < -0.3 is 14.4 Å². The first-order valence-electron chi connectivity index (χ1n) is 9.80. The van der Waals surface area contributed by atoms with Crippen LogP contribution in [0.3, 0.4) is 0 Å². The fourth-order valence-electron chi connectivity index (χ4n) is 4.42. The zero-order chi connectivity index (χ0) is 18.1. The topological polar surface area (TPSA) is 62.6 Å². The molecule has 1 spiro atoms. The molecule has 1 aromatic rings. The first kappa shape index (κ1) is 17.3. The molecule has 3 aliphatic rings. The summed E-state index contributed by atoms with van der Waals surface area (Å²) in [6.07, 6.45) is 7.24. The zero-order valence-electron chi connectivity index (χ0n) is 15.2. The predicted molar refractivity (Wildman–Crippen MR) is 97.5 cm³/mol. The van der Waals surface area contributed by atoms with Crippen molar-refractivity contribution in [3.63, 3.8) is 0 Å². The Morgan fingerprint density at radius 2 is 2.00 bits per heavy atom. The third-order valence-electron chi connectivity index (χ3n) is 6.17. The number of likely N-dealkylation sites (tertiary alicyclic amines) is 2. The summed E-state index contributed by atoms with van der Waals surface area (Å²) in [6.45, 7) is 3.39. The number of hydrogen-bond acceptors (Lipinski definition) is 3. The molecule has 3 fully saturated rings. The van der Waals surface area contributed by atoms with Gasteiger partial charge in [-0.1, -0.05) is 6.07 Å². The highest BCUT2D eigenvalue weighted by atomic mass is 16.2. The molecule has 6 heteroatoms. The summed E-state index contributed by atoms with van der Waals surface area (Å²) in [5.74, 6) is 1.02. The molecule has 140 valence electrons. The number of amides is 2. The Hall–Kier alpha value is -2.11. The average Bonchev–Trinajstić information content (AvgIpc) is 3.36. The highest BCUT2D eigenvalue weighted by Gasteiger charge is 2.49. The molecule has 3 heterocycles. The number of hydrogen-bond donors (Lipinski definition) is 0. The van der Waals surface area contributed by atoms with Crippen LogP contribution < -0.4 is 5.56 Å². The molecule has 4 rings (SSSR count). The SMILES string of the molecule is O=C(CCn1ccccc1=O)N1CC[C@]2(CCCN(CC3CC3)C2=O)C1. The van der Waals surface area contributed by atoms with Crippen molar-refractivity contribution < 1.29 is 9.59 Å². The lowest BCUT2D eigenvalue weighted by Crippen LogP contribution is -2.51. The van der Waals surface area contributed by atoms with Crippen LogP contribution in [-0.4, -0.2) is 52.4 Å². The maximum atomic E-state index is 13.0. The monoisotopic (exact) mass is 357 g/mol. The van der Waals surface area contributed by atoms with Gasteiger partial charge in [0.25, 0.3) is 5.56 Å². The average molecular weight is 357 g/mol. The molecule has 26 heavy (non-hydrogen) atoms. The van der Waals surface area contributed by atoms with Gasteiger partial charge in [0.15, 0.2) is 0 Å². The molecular formula is C20H27N3O3. The molecule has 0 N–H and O–H groups in total. The predicted octanol–water partition coefficient (Wildman–Crippen LogP) is 1.49. The molecule has 0 aromatic carbocycles. The number of carbonyl (C=O) groups is 2.